The maximum absolute atomic E-state index is 12.2. The van der Waals surface area contributed by atoms with Crippen LogP contribution in [-0.4, -0.2) is 18.4 Å². The number of carbonyl (C=O) groups is 1. The van der Waals surface area contributed by atoms with E-state index in [0.29, 0.717) is 5.78 Å². The zero-order valence-corrected chi connectivity index (χ0v) is 9.90. The van der Waals surface area contributed by atoms with Crippen LogP contribution in [-0.2, 0) is 0 Å². The Kier molecular flexibility index (Phi) is 3.54. The second kappa shape index (κ2) is 4.90. The highest BCUT2D eigenvalue weighted by atomic mass is 32.1. The van der Waals surface area contributed by atoms with Gasteiger partial charge in [0.15, 0.2) is 5.78 Å². The zero-order chi connectivity index (χ0) is 10.7. The summed E-state index contributed by atoms with van der Waals surface area (Å²) in [6.07, 6.45) is 4.62. The van der Waals surface area contributed by atoms with Gasteiger partial charge in [-0.2, -0.15) is 0 Å². The molecule has 1 fully saturated rings. The van der Waals surface area contributed by atoms with Crippen molar-refractivity contribution >= 4 is 17.1 Å². The molecule has 1 atom stereocenters. The molecule has 0 aromatic carbocycles. The lowest BCUT2D eigenvalue weighted by atomic mass is 10.0. The van der Waals surface area contributed by atoms with Gasteiger partial charge in [-0.1, -0.05) is 12.8 Å². The van der Waals surface area contributed by atoms with E-state index in [2.05, 4.69) is 5.32 Å². The molecule has 0 aliphatic carbocycles. The van der Waals surface area contributed by atoms with Crippen molar-refractivity contribution in [3.63, 3.8) is 0 Å². The smallest absolute Gasteiger partial charge is 0.189 e. The summed E-state index contributed by atoms with van der Waals surface area (Å²) in [5.74, 6) is 0.296. The maximum Gasteiger partial charge on any atom is 0.189 e. The minimum absolute atomic E-state index is 0.0600. The maximum atomic E-state index is 12.2. The van der Waals surface area contributed by atoms with Crippen molar-refractivity contribution in [2.75, 3.05) is 6.54 Å². The monoisotopic (exact) mass is 223 g/mol. The first-order valence-corrected chi connectivity index (χ1v) is 6.48. The average molecular weight is 223 g/mol. The zero-order valence-electron chi connectivity index (χ0n) is 9.08. The number of rotatable bonds is 2. The molecule has 2 rings (SSSR count). The molecule has 15 heavy (non-hydrogen) atoms. The van der Waals surface area contributed by atoms with Gasteiger partial charge in [-0.15, -0.1) is 11.3 Å². The van der Waals surface area contributed by atoms with Crippen LogP contribution in [0.1, 0.15) is 40.9 Å². The summed E-state index contributed by atoms with van der Waals surface area (Å²) in [7, 11) is 0. The molecule has 2 nitrogen and oxygen atoms in total. The predicted octanol–water partition coefficient (Wildman–Crippen LogP) is 2.77. The number of nitrogens with one attached hydrogen (secondary N) is 1. The van der Waals surface area contributed by atoms with Gasteiger partial charge in [-0.3, -0.25) is 4.79 Å². The first-order chi connectivity index (χ1) is 7.29. The van der Waals surface area contributed by atoms with Gasteiger partial charge in [0.25, 0.3) is 0 Å². The van der Waals surface area contributed by atoms with E-state index < -0.39 is 0 Å². The van der Waals surface area contributed by atoms with Gasteiger partial charge in [-0.25, -0.2) is 0 Å². The minimum atomic E-state index is 0.0600. The lowest BCUT2D eigenvalue weighted by Gasteiger charge is -2.13. The third-order valence-electron chi connectivity index (χ3n) is 2.96. The van der Waals surface area contributed by atoms with Crippen molar-refractivity contribution in [3.05, 3.63) is 21.9 Å². The first-order valence-electron chi connectivity index (χ1n) is 5.61. The largest absolute Gasteiger partial charge is 0.307 e. The lowest BCUT2D eigenvalue weighted by molar-refractivity contribution is 0.0944. The highest BCUT2D eigenvalue weighted by molar-refractivity contribution is 7.12. The van der Waals surface area contributed by atoms with Crippen LogP contribution in [0.15, 0.2) is 11.4 Å². The fourth-order valence-electron chi connectivity index (χ4n) is 2.04. The van der Waals surface area contributed by atoms with Crippen molar-refractivity contribution in [1.29, 1.82) is 0 Å². The third-order valence-corrected chi connectivity index (χ3v) is 3.99. The Labute approximate surface area is 94.7 Å². The Balaban J connectivity index is 2.09. The van der Waals surface area contributed by atoms with Crippen LogP contribution in [0.5, 0.6) is 0 Å². The number of Topliss-reactive ketones (excluding diaryl/α,β-unsaturated/α-hetero) is 1. The van der Waals surface area contributed by atoms with Crippen molar-refractivity contribution in [2.45, 2.75) is 38.6 Å². The number of ketones is 1. The third kappa shape index (κ3) is 2.47. The molecule has 82 valence electrons. The quantitative estimate of drug-likeness (QED) is 0.781. The fraction of sp³-hybridized carbons (Fsp3) is 0.583. The summed E-state index contributed by atoms with van der Waals surface area (Å²) in [6, 6.07) is 2.08. The van der Waals surface area contributed by atoms with E-state index in [4.69, 9.17) is 0 Å². The molecule has 3 heteroatoms. The van der Waals surface area contributed by atoms with Crippen molar-refractivity contribution in [2.24, 2.45) is 0 Å². The molecular weight excluding hydrogens is 206 g/mol. The molecule has 0 spiro atoms. The van der Waals surface area contributed by atoms with Gasteiger partial charge in [-0.05, 0) is 43.3 Å². The molecule has 1 aliphatic heterocycles. The molecule has 1 unspecified atom stereocenters. The normalized spacial score (nSPS) is 22.3. The van der Waals surface area contributed by atoms with E-state index in [9.17, 15) is 4.79 Å². The molecule has 1 saturated heterocycles. The van der Waals surface area contributed by atoms with E-state index in [-0.39, 0.29) is 6.04 Å². The fourth-order valence-corrected chi connectivity index (χ4v) is 2.96. The van der Waals surface area contributed by atoms with E-state index in [0.717, 1.165) is 23.4 Å². The van der Waals surface area contributed by atoms with Gasteiger partial charge in [0.2, 0.25) is 0 Å². The Hall–Kier alpha value is -0.670. The van der Waals surface area contributed by atoms with Crippen molar-refractivity contribution < 1.29 is 4.79 Å². The highest BCUT2D eigenvalue weighted by Crippen LogP contribution is 2.20. The van der Waals surface area contributed by atoms with Crippen molar-refractivity contribution in [3.8, 4) is 0 Å². The number of aryl methyl sites for hydroxylation is 1. The molecular formula is C12H17NOS. The van der Waals surface area contributed by atoms with Gasteiger partial charge >= 0.3 is 0 Å². The molecule has 0 amide bonds. The van der Waals surface area contributed by atoms with Crippen LogP contribution in [0.4, 0.5) is 0 Å². The SMILES string of the molecule is Cc1ccsc1C(=O)C1CCCCCN1. The van der Waals surface area contributed by atoms with Gasteiger partial charge in [0.05, 0.1) is 10.9 Å². The van der Waals surface area contributed by atoms with E-state index in [1.807, 2.05) is 18.4 Å². The number of hydrogen-bond donors (Lipinski definition) is 1. The number of thiophene rings is 1. The van der Waals surface area contributed by atoms with E-state index in [1.54, 1.807) is 11.3 Å². The average Bonchev–Trinajstić information content (AvgIpc) is 2.53. The van der Waals surface area contributed by atoms with Crippen LogP contribution in [0, 0.1) is 6.92 Å². The van der Waals surface area contributed by atoms with Crippen LogP contribution >= 0.6 is 11.3 Å². The summed E-state index contributed by atoms with van der Waals surface area (Å²) in [5, 5.41) is 5.35. The van der Waals surface area contributed by atoms with Crippen LogP contribution in [0.2, 0.25) is 0 Å². The Bertz CT molecular complexity index is 337. The standard InChI is InChI=1S/C12H17NOS/c1-9-6-8-15-12(9)11(14)10-5-3-2-4-7-13-10/h6,8,10,13H,2-5,7H2,1H3. The molecule has 1 aromatic rings. The summed E-state index contributed by atoms with van der Waals surface area (Å²) in [6.45, 7) is 3.00. The Morgan fingerprint density at radius 1 is 1.47 bits per heavy atom. The van der Waals surface area contributed by atoms with Gasteiger partial charge in [0.1, 0.15) is 0 Å². The van der Waals surface area contributed by atoms with E-state index >= 15 is 0 Å². The molecule has 1 N–H and O–H groups in total. The molecule has 1 aromatic heterocycles. The van der Waals surface area contributed by atoms with Crippen LogP contribution in [0.25, 0.3) is 0 Å². The first kappa shape index (κ1) is 10.8. The van der Waals surface area contributed by atoms with E-state index in [1.165, 1.54) is 19.3 Å². The van der Waals surface area contributed by atoms with Gasteiger partial charge in [0, 0.05) is 0 Å². The predicted molar refractivity (Wildman–Crippen MR) is 63.6 cm³/mol. The molecule has 0 saturated carbocycles. The Morgan fingerprint density at radius 3 is 3.07 bits per heavy atom. The number of hydrogen-bond acceptors (Lipinski definition) is 3. The highest BCUT2D eigenvalue weighted by Gasteiger charge is 2.22. The van der Waals surface area contributed by atoms with Crippen LogP contribution < -0.4 is 5.32 Å². The summed E-state index contributed by atoms with van der Waals surface area (Å²) < 4.78 is 0. The molecule has 1 aliphatic rings. The molecule has 0 bridgehead atoms. The second-order valence-electron chi connectivity index (χ2n) is 4.15. The Morgan fingerprint density at radius 2 is 2.33 bits per heavy atom. The van der Waals surface area contributed by atoms with Crippen LogP contribution in [0.3, 0.4) is 0 Å². The van der Waals surface area contributed by atoms with Crippen molar-refractivity contribution in [1.82, 2.24) is 5.32 Å². The van der Waals surface area contributed by atoms with Gasteiger partial charge < -0.3 is 5.32 Å². The number of carbonyl (C=O) groups excluding carboxylic acids is 1. The second-order valence-corrected chi connectivity index (χ2v) is 5.07. The summed E-state index contributed by atoms with van der Waals surface area (Å²) in [5.41, 5.74) is 1.12. The lowest BCUT2D eigenvalue weighted by Crippen LogP contribution is -2.35. The topological polar surface area (TPSA) is 29.1 Å². The summed E-state index contributed by atoms with van der Waals surface area (Å²) in [4.78, 5) is 13.1. The summed E-state index contributed by atoms with van der Waals surface area (Å²) >= 11 is 1.57. The minimum Gasteiger partial charge on any atom is -0.307 e. The molecule has 0 radical (unpaired) electrons. The molecule has 2 heterocycles.